The Labute approximate surface area is 105 Å². The molecule has 0 fully saturated rings. The number of rotatable bonds is 8. The van der Waals surface area contributed by atoms with Crippen LogP contribution in [0.2, 0.25) is 0 Å². The minimum Gasteiger partial charge on any atom is -0.314 e. The third-order valence-electron chi connectivity index (χ3n) is 2.89. The predicted octanol–water partition coefficient (Wildman–Crippen LogP) is 3.35. The van der Waals surface area contributed by atoms with Crippen molar-refractivity contribution in [2.45, 2.75) is 45.6 Å². The van der Waals surface area contributed by atoms with E-state index in [4.69, 9.17) is 0 Å². The van der Waals surface area contributed by atoms with E-state index in [-0.39, 0.29) is 0 Å². The zero-order valence-electron chi connectivity index (χ0n) is 11.1. The first kappa shape index (κ1) is 13.9. The standard InChI is InChI=1S/C15H24N2/c1-4-16-15(9-8-13(2)3)11-10-14-7-5-6-12-17-14/h5-7,12,15-16H,2,4,8-11H2,1,3H3. The largest absolute Gasteiger partial charge is 0.314 e. The highest BCUT2D eigenvalue weighted by Crippen LogP contribution is 2.10. The molecular weight excluding hydrogens is 208 g/mol. The average molecular weight is 232 g/mol. The topological polar surface area (TPSA) is 24.9 Å². The average Bonchev–Trinajstić information content (AvgIpc) is 2.34. The molecule has 1 unspecified atom stereocenters. The minimum atomic E-state index is 0.582. The van der Waals surface area contributed by atoms with Crippen molar-refractivity contribution in [2.24, 2.45) is 0 Å². The van der Waals surface area contributed by atoms with Gasteiger partial charge in [0.05, 0.1) is 0 Å². The number of pyridine rings is 1. The lowest BCUT2D eigenvalue weighted by molar-refractivity contribution is 0.462. The summed E-state index contributed by atoms with van der Waals surface area (Å²) in [6.45, 7) is 9.26. The molecular formula is C15H24N2. The lowest BCUT2D eigenvalue weighted by Gasteiger charge is -2.17. The molecule has 94 valence electrons. The predicted molar refractivity (Wildman–Crippen MR) is 74.1 cm³/mol. The molecule has 17 heavy (non-hydrogen) atoms. The van der Waals surface area contributed by atoms with Crippen LogP contribution in [-0.4, -0.2) is 17.6 Å². The monoisotopic (exact) mass is 232 g/mol. The van der Waals surface area contributed by atoms with E-state index in [9.17, 15) is 0 Å². The maximum Gasteiger partial charge on any atom is 0.0404 e. The van der Waals surface area contributed by atoms with Gasteiger partial charge >= 0.3 is 0 Å². The number of nitrogens with zero attached hydrogens (tertiary/aromatic N) is 1. The lowest BCUT2D eigenvalue weighted by Crippen LogP contribution is -2.29. The maximum atomic E-state index is 4.36. The molecule has 0 amide bonds. The van der Waals surface area contributed by atoms with Crippen LogP contribution in [0, 0.1) is 0 Å². The normalized spacial score (nSPS) is 12.4. The highest BCUT2D eigenvalue weighted by Gasteiger charge is 2.07. The summed E-state index contributed by atoms with van der Waals surface area (Å²) in [5, 5.41) is 3.54. The Kier molecular flexibility index (Phi) is 6.56. The molecule has 1 aromatic rings. The van der Waals surface area contributed by atoms with Gasteiger partial charge in [-0.05, 0) is 51.3 Å². The molecule has 0 aliphatic carbocycles. The lowest BCUT2D eigenvalue weighted by atomic mass is 10.0. The van der Waals surface area contributed by atoms with Crippen molar-refractivity contribution < 1.29 is 0 Å². The first-order chi connectivity index (χ1) is 8.22. The van der Waals surface area contributed by atoms with Crippen LogP contribution in [0.5, 0.6) is 0 Å². The number of hydrogen-bond donors (Lipinski definition) is 1. The Bertz CT molecular complexity index is 319. The van der Waals surface area contributed by atoms with E-state index in [1.165, 1.54) is 17.7 Å². The summed E-state index contributed by atoms with van der Waals surface area (Å²) in [7, 11) is 0. The van der Waals surface area contributed by atoms with Gasteiger partial charge in [0.2, 0.25) is 0 Å². The zero-order chi connectivity index (χ0) is 12.5. The first-order valence-corrected chi connectivity index (χ1v) is 6.50. The minimum absolute atomic E-state index is 0.582. The molecule has 0 aromatic carbocycles. The van der Waals surface area contributed by atoms with Gasteiger partial charge in [-0.3, -0.25) is 4.98 Å². The van der Waals surface area contributed by atoms with Crippen LogP contribution in [-0.2, 0) is 6.42 Å². The second-order valence-electron chi connectivity index (χ2n) is 4.61. The summed E-state index contributed by atoms with van der Waals surface area (Å²) >= 11 is 0. The van der Waals surface area contributed by atoms with Gasteiger partial charge in [0.25, 0.3) is 0 Å². The molecule has 1 rings (SSSR count). The molecule has 0 aliphatic rings. The number of hydrogen-bond acceptors (Lipinski definition) is 2. The van der Waals surface area contributed by atoms with E-state index in [2.05, 4.69) is 42.9 Å². The molecule has 0 bridgehead atoms. The molecule has 0 spiro atoms. The van der Waals surface area contributed by atoms with Gasteiger partial charge in [0, 0.05) is 17.9 Å². The van der Waals surface area contributed by atoms with Gasteiger partial charge in [0.15, 0.2) is 0 Å². The number of aryl methyl sites for hydroxylation is 1. The van der Waals surface area contributed by atoms with Crippen LogP contribution in [0.3, 0.4) is 0 Å². The fourth-order valence-electron chi connectivity index (χ4n) is 1.93. The van der Waals surface area contributed by atoms with Crippen LogP contribution in [0.25, 0.3) is 0 Å². The number of allylic oxidation sites excluding steroid dienone is 1. The van der Waals surface area contributed by atoms with Crippen molar-refractivity contribution in [2.75, 3.05) is 6.54 Å². The van der Waals surface area contributed by atoms with Crippen molar-refractivity contribution in [3.8, 4) is 0 Å². The Morgan fingerprint density at radius 2 is 2.24 bits per heavy atom. The van der Waals surface area contributed by atoms with E-state index < -0.39 is 0 Å². The molecule has 0 radical (unpaired) electrons. The molecule has 0 saturated heterocycles. The van der Waals surface area contributed by atoms with Crippen LogP contribution >= 0.6 is 0 Å². The zero-order valence-corrected chi connectivity index (χ0v) is 11.1. The van der Waals surface area contributed by atoms with Gasteiger partial charge < -0.3 is 5.32 Å². The molecule has 1 aromatic heterocycles. The fraction of sp³-hybridized carbons (Fsp3) is 0.533. The number of aromatic nitrogens is 1. The Morgan fingerprint density at radius 1 is 1.41 bits per heavy atom. The molecule has 0 saturated carbocycles. The number of nitrogens with one attached hydrogen (secondary N) is 1. The van der Waals surface area contributed by atoms with Crippen molar-refractivity contribution in [3.63, 3.8) is 0 Å². The first-order valence-electron chi connectivity index (χ1n) is 6.50. The molecule has 1 N–H and O–H groups in total. The summed E-state index contributed by atoms with van der Waals surface area (Å²) in [4.78, 5) is 4.36. The highest BCUT2D eigenvalue weighted by molar-refractivity contribution is 5.03. The van der Waals surface area contributed by atoms with Gasteiger partial charge in [-0.1, -0.05) is 18.6 Å². The smallest absolute Gasteiger partial charge is 0.0404 e. The summed E-state index contributed by atoms with van der Waals surface area (Å²) in [5.74, 6) is 0. The van der Waals surface area contributed by atoms with E-state index in [1.807, 2.05) is 12.3 Å². The van der Waals surface area contributed by atoms with Gasteiger partial charge in [-0.2, -0.15) is 0 Å². The molecule has 1 heterocycles. The van der Waals surface area contributed by atoms with Crippen molar-refractivity contribution in [1.29, 1.82) is 0 Å². The second-order valence-corrected chi connectivity index (χ2v) is 4.61. The fourth-order valence-corrected chi connectivity index (χ4v) is 1.93. The van der Waals surface area contributed by atoms with E-state index in [0.29, 0.717) is 6.04 Å². The third-order valence-corrected chi connectivity index (χ3v) is 2.89. The molecule has 1 atom stereocenters. The van der Waals surface area contributed by atoms with E-state index in [1.54, 1.807) is 0 Å². The SMILES string of the molecule is C=C(C)CCC(CCc1ccccn1)NCC. The Balaban J connectivity index is 2.36. The van der Waals surface area contributed by atoms with Gasteiger partial charge in [0.1, 0.15) is 0 Å². The molecule has 2 heteroatoms. The van der Waals surface area contributed by atoms with Crippen molar-refractivity contribution in [3.05, 3.63) is 42.2 Å². The highest BCUT2D eigenvalue weighted by atomic mass is 14.9. The Morgan fingerprint density at radius 3 is 2.82 bits per heavy atom. The maximum absolute atomic E-state index is 4.36. The van der Waals surface area contributed by atoms with E-state index >= 15 is 0 Å². The van der Waals surface area contributed by atoms with Crippen LogP contribution in [0.4, 0.5) is 0 Å². The van der Waals surface area contributed by atoms with Gasteiger partial charge in [-0.25, -0.2) is 0 Å². The van der Waals surface area contributed by atoms with Crippen LogP contribution < -0.4 is 5.32 Å². The summed E-state index contributed by atoms with van der Waals surface area (Å²) < 4.78 is 0. The van der Waals surface area contributed by atoms with Crippen molar-refractivity contribution in [1.82, 2.24) is 10.3 Å². The van der Waals surface area contributed by atoms with Crippen LogP contribution in [0.1, 0.15) is 38.8 Å². The van der Waals surface area contributed by atoms with Gasteiger partial charge in [-0.15, -0.1) is 6.58 Å². The van der Waals surface area contributed by atoms with Crippen LogP contribution in [0.15, 0.2) is 36.5 Å². The Hall–Kier alpha value is -1.15. The third kappa shape index (κ3) is 6.22. The molecule has 0 aliphatic heterocycles. The molecule has 2 nitrogen and oxygen atoms in total. The summed E-state index contributed by atoms with van der Waals surface area (Å²) in [6, 6.07) is 6.70. The quantitative estimate of drug-likeness (QED) is 0.695. The second kappa shape index (κ2) is 8.02. The summed E-state index contributed by atoms with van der Waals surface area (Å²) in [5.41, 5.74) is 2.46. The van der Waals surface area contributed by atoms with Crippen molar-refractivity contribution >= 4 is 0 Å². The van der Waals surface area contributed by atoms with E-state index in [0.717, 1.165) is 25.8 Å². The summed E-state index contributed by atoms with van der Waals surface area (Å²) in [6.07, 6.45) is 6.36.